The van der Waals surface area contributed by atoms with Crippen molar-refractivity contribution in [2.24, 2.45) is 4.99 Å². The molecule has 1 aliphatic heterocycles. The zero-order valence-electron chi connectivity index (χ0n) is 15.1. The van der Waals surface area contributed by atoms with Gasteiger partial charge in [-0.1, -0.05) is 63.9 Å². The Morgan fingerprint density at radius 1 is 1.00 bits per heavy atom. The first-order valence-electron chi connectivity index (χ1n) is 8.74. The number of nitrogens with zero attached hydrogens (tertiary/aromatic N) is 2. The smallest absolute Gasteiger partial charge is 0.266 e. The highest BCUT2D eigenvalue weighted by Gasteiger charge is 2.32. The third-order valence-electron chi connectivity index (χ3n) is 4.40. The largest absolute Gasteiger partial charge is 0.282 e. The predicted octanol–water partition coefficient (Wildman–Crippen LogP) is 6.25. The number of carbonyl (C=O) groups excluding carboxylic acids is 1. The van der Waals surface area contributed by atoms with Gasteiger partial charge in [0.05, 0.1) is 5.69 Å². The van der Waals surface area contributed by atoms with E-state index in [1.807, 2.05) is 67.6 Å². The Morgan fingerprint density at radius 3 is 2.39 bits per heavy atom. The molecule has 3 nitrogen and oxygen atoms in total. The number of halogens is 2. The molecule has 0 N–H and O–H groups in total. The maximum atomic E-state index is 13.2. The van der Waals surface area contributed by atoms with Gasteiger partial charge >= 0.3 is 0 Å². The minimum atomic E-state index is -0.154. The molecule has 0 radical (unpaired) electrons. The Kier molecular flexibility index (Phi) is 5.16. The highest BCUT2D eigenvalue weighted by Crippen LogP contribution is 2.29. The molecule has 0 aromatic heterocycles. The van der Waals surface area contributed by atoms with E-state index in [2.05, 4.69) is 20.9 Å². The summed E-state index contributed by atoms with van der Waals surface area (Å²) in [5, 5.41) is 0.653. The van der Waals surface area contributed by atoms with E-state index in [1.165, 1.54) is 0 Å². The van der Waals surface area contributed by atoms with E-state index in [0.717, 1.165) is 26.9 Å². The summed E-state index contributed by atoms with van der Waals surface area (Å²) in [6.07, 6.45) is 1.79. The average molecular weight is 452 g/mol. The van der Waals surface area contributed by atoms with Gasteiger partial charge in [-0.15, -0.1) is 0 Å². The van der Waals surface area contributed by atoms with Crippen molar-refractivity contribution in [2.45, 2.75) is 6.92 Å². The number of hydrogen-bond donors (Lipinski definition) is 0. The molecule has 3 aromatic carbocycles. The van der Waals surface area contributed by atoms with Crippen LogP contribution in [0.15, 0.2) is 88.0 Å². The maximum absolute atomic E-state index is 13.2. The van der Waals surface area contributed by atoms with Crippen LogP contribution in [0.25, 0.3) is 6.08 Å². The Bertz CT molecular complexity index is 1100. The first-order chi connectivity index (χ1) is 13.5. The first kappa shape index (κ1) is 18.7. The van der Waals surface area contributed by atoms with E-state index in [4.69, 9.17) is 11.6 Å². The zero-order valence-corrected chi connectivity index (χ0v) is 17.4. The molecule has 4 rings (SSSR count). The van der Waals surface area contributed by atoms with Crippen molar-refractivity contribution in [3.63, 3.8) is 0 Å². The van der Waals surface area contributed by atoms with Crippen LogP contribution in [0, 0.1) is 6.92 Å². The van der Waals surface area contributed by atoms with Gasteiger partial charge in [-0.2, -0.15) is 0 Å². The Hall–Kier alpha value is -2.69. The normalized spacial score (nSPS) is 15.2. The molecule has 1 amide bonds. The fraction of sp³-hybridized carbons (Fsp3) is 0.0435. The summed E-state index contributed by atoms with van der Waals surface area (Å²) < 4.78 is 0.972. The van der Waals surface area contributed by atoms with Gasteiger partial charge < -0.3 is 0 Å². The SMILES string of the molecule is Cc1cccc(N2C(=O)/C(=C\c3ccc(Cl)cc3)N=C2c2ccc(Br)cc2)c1. The molecule has 0 saturated carbocycles. The van der Waals surface area contributed by atoms with Gasteiger partial charge in [0.15, 0.2) is 0 Å². The molecule has 1 heterocycles. The molecule has 0 unspecified atom stereocenters. The Morgan fingerprint density at radius 2 is 1.71 bits per heavy atom. The fourth-order valence-corrected chi connectivity index (χ4v) is 3.42. The quantitative estimate of drug-likeness (QED) is 0.433. The van der Waals surface area contributed by atoms with E-state index >= 15 is 0 Å². The number of rotatable bonds is 3. The highest BCUT2D eigenvalue weighted by atomic mass is 79.9. The molecular formula is C23H16BrClN2O. The van der Waals surface area contributed by atoms with Crippen LogP contribution >= 0.6 is 27.5 Å². The van der Waals surface area contributed by atoms with Gasteiger partial charge in [-0.25, -0.2) is 4.99 Å². The Labute approximate surface area is 177 Å². The summed E-state index contributed by atoms with van der Waals surface area (Å²) in [5.41, 5.74) is 4.01. The van der Waals surface area contributed by atoms with Crippen molar-refractivity contribution < 1.29 is 4.79 Å². The molecule has 28 heavy (non-hydrogen) atoms. The second kappa shape index (κ2) is 7.74. The number of aliphatic imine (C=N–C) groups is 1. The van der Waals surface area contributed by atoms with Crippen molar-refractivity contribution in [1.82, 2.24) is 0 Å². The van der Waals surface area contributed by atoms with Crippen molar-refractivity contribution in [1.29, 1.82) is 0 Å². The lowest BCUT2D eigenvalue weighted by Crippen LogP contribution is -2.32. The fourth-order valence-electron chi connectivity index (χ4n) is 3.03. The number of benzene rings is 3. The summed E-state index contributed by atoms with van der Waals surface area (Å²) in [4.78, 5) is 19.6. The summed E-state index contributed by atoms with van der Waals surface area (Å²) in [7, 11) is 0. The summed E-state index contributed by atoms with van der Waals surface area (Å²) >= 11 is 9.42. The lowest BCUT2D eigenvalue weighted by atomic mass is 10.1. The van der Waals surface area contributed by atoms with Gasteiger partial charge in [-0.05, 0) is 60.5 Å². The minimum absolute atomic E-state index is 0.154. The molecule has 1 aliphatic rings. The number of carbonyl (C=O) groups is 1. The van der Waals surface area contributed by atoms with Crippen LogP contribution in [0.4, 0.5) is 5.69 Å². The van der Waals surface area contributed by atoms with Gasteiger partial charge in [-0.3, -0.25) is 9.69 Å². The van der Waals surface area contributed by atoms with E-state index in [1.54, 1.807) is 23.1 Å². The highest BCUT2D eigenvalue weighted by molar-refractivity contribution is 9.10. The monoisotopic (exact) mass is 450 g/mol. The standard InChI is InChI=1S/C23H16BrClN2O/c1-15-3-2-4-20(13-15)27-22(17-7-9-18(24)10-8-17)26-21(23(27)28)14-16-5-11-19(25)12-6-16/h2-14H,1H3/b21-14+. The first-order valence-corrected chi connectivity index (χ1v) is 9.91. The number of amides is 1. The Balaban J connectivity index is 1.82. The summed E-state index contributed by atoms with van der Waals surface area (Å²) in [6, 6.07) is 23.0. The molecule has 0 fully saturated rings. The number of anilines is 1. The molecule has 0 aliphatic carbocycles. The third kappa shape index (κ3) is 3.79. The second-order valence-electron chi connectivity index (χ2n) is 6.50. The lowest BCUT2D eigenvalue weighted by Gasteiger charge is -2.19. The molecule has 0 bridgehead atoms. The van der Waals surface area contributed by atoms with Crippen LogP contribution in [0.1, 0.15) is 16.7 Å². The molecule has 0 atom stereocenters. The van der Waals surface area contributed by atoms with E-state index in [-0.39, 0.29) is 5.91 Å². The molecular weight excluding hydrogens is 436 g/mol. The lowest BCUT2D eigenvalue weighted by molar-refractivity contribution is -0.113. The van der Waals surface area contributed by atoms with Crippen LogP contribution in [-0.2, 0) is 4.79 Å². The van der Waals surface area contributed by atoms with Crippen LogP contribution in [0.5, 0.6) is 0 Å². The van der Waals surface area contributed by atoms with Crippen molar-refractivity contribution in [3.8, 4) is 0 Å². The average Bonchev–Trinajstić information content (AvgIpc) is 3.00. The van der Waals surface area contributed by atoms with Crippen LogP contribution in [-0.4, -0.2) is 11.7 Å². The van der Waals surface area contributed by atoms with Crippen LogP contribution < -0.4 is 4.90 Å². The molecule has 0 spiro atoms. The van der Waals surface area contributed by atoms with E-state index in [9.17, 15) is 4.79 Å². The van der Waals surface area contributed by atoms with E-state index in [0.29, 0.717) is 16.6 Å². The minimum Gasteiger partial charge on any atom is -0.266 e. The summed E-state index contributed by atoms with van der Waals surface area (Å²) in [6.45, 7) is 2.00. The van der Waals surface area contributed by atoms with Crippen molar-refractivity contribution in [2.75, 3.05) is 4.90 Å². The number of aryl methyl sites for hydroxylation is 1. The topological polar surface area (TPSA) is 32.7 Å². The van der Waals surface area contributed by atoms with Crippen LogP contribution in [0.3, 0.4) is 0 Å². The summed E-state index contributed by atoms with van der Waals surface area (Å²) in [5.74, 6) is 0.460. The van der Waals surface area contributed by atoms with Gasteiger partial charge in [0.1, 0.15) is 11.5 Å². The zero-order chi connectivity index (χ0) is 19.7. The van der Waals surface area contributed by atoms with Gasteiger partial charge in [0.2, 0.25) is 0 Å². The molecule has 5 heteroatoms. The third-order valence-corrected chi connectivity index (χ3v) is 5.18. The maximum Gasteiger partial charge on any atom is 0.282 e. The van der Waals surface area contributed by atoms with Gasteiger partial charge in [0.25, 0.3) is 5.91 Å². The number of hydrogen-bond acceptors (Lipinski definition) is 2. The van der Waals surface area contributed by atoms with Crippen LogP contribution in [0.2, 0.25) is 5.02 Å². The van der Waals surface area contributed by atoms with Crippen molar-refractivity contribution in [3.05, 3.63) is 105 Å². The molecule has 0 saturated heterocycles. The molecule has 3 aromatic rings. The van der Waals surface area contributed by atoms with E-state index < -0.39 is 0 Å². The van der Waals surface area contributed by atoms with Gasteiger partial charge in [0, 0.05) is 15.1 Å². The molecule has 138 valence electrons. The van der Waals surface area contributed by atoms with Crippen molar-refractivity contribution >= 4 is 51.0 Å². The number of amidine groups is 1. The predicted molar refractivity (Wildman–Crippen MR) is 119 cm³/mol. The second-order valence-corrected chi connectivity index (χ2v) is 7.86.